The van der Waals surface area contributed by atoms with Crippen molar-refractivity contribution in [3.63, 3.8) is 0 Å². The summed E-state index contributed by atoms with van der Waals surface area (Å²) in [7, 11) is 0. The van der Waals surface area contributed by atoms with Gasteiger partial charge in [0.25, 0.3) is 0 Å². The van der Waals surface area contributed by atoms with E-state index in [1.165, 1.54) is 12.8 Å². The Morgan fingerprint density at radius 3 is 2.32 bits per heavy atom. The largest absolute Gasteiger partial charge is 0.481 e. The van der Waals surface area contributed by atoms with Crippen LogP contribution in [0.15, 0.2) is 0 Å². The van der Waals surface area contributed by atoms with Gasteiger partial charge in [-0.1, -0.05) is 32.6 Å². The second kappa shape index (κ2) is 6.25. The highest BCUT2D eigenvalue weighted by Crippen LogP contribution is 2.50. The molecular weight excluding hydrogens is 240 g/mol. The van der Waals surface area contributed by atoms with E-state index in [0.29, 0.717) is 5.92 Å². The number of carboxylic acid groups (broad SMARTS) is 1. The topological polar surface area (TPSA) is 57.5 Å². The Labute approximate surface area is 116 Å². The molecule has 0 aromatic rings. The fourth-order valence-electron chi connectivity index (χ4n) is 4.39. The minimum absolute atomic E-state index is 0.0127. The Balaban J connectivity index is 2.09. The lowest BCUT2D eigenvalue weighted by Gasteiger charge is -2.45. The lowest BCUT2D eigenvalue weighted by atomic mass is 9.59. The fraction of sp³-hybridized carbons (Fsp3) is 0.938. The van der Waals surface area contributed by atoms with Crippen molar-refractivity contribution in [1.29, 1.82) is 0 Å². The molecule has 110 valence electrons. The number of carboxylic acids is 1. The van der Waals surface area contributed by atoms with E-state index in [-0.39, 0.29) is 5.92 Å². The molecule has 2 unspecified atom stereocenters. The number of aliphatic hydroxyl groups excluding tert-OH is 1. The third kappa shape index (κ3) is 2.96. The first-order valence-corrected chi connectivity index (χ1v) is 8.01. The van der Waals surface area contributed by atoms with Crippen LogP contribution in [0, 0.1) is 17.3 Å². The van der Waals surface area contributed by atoms with E-state index in [1.54, 1.807) is 0 Å². The van der Waals surface area contributed by atoms with Crippen LogP contribution in [-0.2, 0) is 4.79 Å². The summed E-state index contributed by atoms with van der Waals surface area (Å²) >= 11 is 0. The second-order valence-electron chi connectivity index (χ2n) is 6.65. The second-order valence-corrected chi connectivity index (χ2v) is 6.65. The summed E-state index contributed by atoms with van der Waals surface area (Å²) in [4.78, 5) is 11.9. The predicted molar refractivity (Wildman–Crippen MR) is 74.9 cm³/mol. The zero-order valence-electron chi connectivity index (χ0n) is 12.1. The molecular formula is C16H28O3. The van der Waals surface area contributed by atoms with Gasteiger partial charge in [-0.2, -0.15) is 0 Å². The lowest BCUT2D eigenvalue weighted by Crippen LogP contribution is -2.47. The highest BCUT2D eigenvalue weighted by molar-refractivity contribution is 5.75. The van der Waals surface area contributed by atoms with Crippen LogP contribution < -0.4 is 0 Å². The molecule has 2 aliphatic carbocycles. The monoisotopic (exact) mass is 268 g/mol. The summed E-state index contributed by atoms with van der Waals surface area (Å²) in [6.07, 6.45) is 9.44. The van der Waals surface area contributed by atoms with Crippen molar-refractivity contribution in [1.82, 2.24) is 0 Å². The van der Waals surface area contributed by atoms with Crippen LogP contribution in [0.3, 0.4) is 0 Å². The van der Waals surface area contributed by atoms with E-state index < -0.39 is 17.5 Å². The van der Waals surface area contributed by atoms with Gasteiger partial charge < -0.3 is 10.2 Å². The molecule has 2 atom stereocenters. The minimum atomic E-state index is -0.659. The van der Waals surface area contributed by atoms with E-state index in [9.17, 15) is 15.0 Å². The van der Waals surface area contributed by atoms with Crippen molar-refractivity contribution in [3.05, 3.63) is 0 Å². The third-order valence-electron chi connectivity index (χ3n) is 5.56. The summed E-state index contributed by atoms with van der Waals surface area (Å²) in [5.41, 5.74) is -0.635. The van der Waals surface area contributed by atoms with E-state index in [0.717, 1.165) is 51.4 Å². The molecule has 2 saturated carbocycles. The average Bonchev–Trinajstić information content (AvgIpc) is 2.41. The maximum absolute atomic E-state index is 11.9. The smallest absolute Gasteiger partial charge is 0.310 e. The van der Waals surface area contributed by atoms with Crippen LogP contribution in [0.2, 0.25) is 0 Å². The zero-order valence-corrected chi connectivity index (χ0v) is 12.1. The van der Waals surface area contributed by atoms with Gasteiger partial charge in [-0.25, -0.2) is 0 Å². The molecule has 0 bridgehead atoms. The molecule has 3 heteroatoms. The van der Waals surface area contributed by atoms with Gasteiger partial charge in [0, 0.05) is 5.92 Å². The first-order valence-electron chi connectivity index (χ1n) is 8.01. The van der Waals surface area contributed by atoms with E-state index in [4.69, 9.17) is 0 Å². The van der Waals surface area contributed by atoms with Gasteiger partial charge in [0.15, 0.2) is 0 Å². The molecule has 19 heavy (non-hydrogen) atoms. The third-order valence-corrected chi connectivity index (χ3v) is 5.56. The summed E-state index contributed by atoms with van der Waals surface area (Å²) in [6.45, 7) is 2.20. The average molecular weight is 268 g/mol. The van der Waals surface area contributed by atoms with Gasteiger partial charge in [-0.15, -0.1) is 0 Å². The van der Waals surface area contributed by atoms with E-state index >= 15 is 0 Å². The Bertz CT molecular complexity index is 305. The highest BCUT2D eigenvalue weighted by atomic mass is 16.4. The van der Waals surface area contributed by atoms with Gasteiger partial charge in [-0.05, 0) is 44.4 Å². The highest BCUT2D eigenvalue weighted by Gasteiger charge is 2.50. The number of aliphatic hydroxyl groups is 1. The van der Waals surface area contributed by atoms with Crippen molar-refractivity contribution < 1.29 is 15.0 Å². The van der Waals surface area contributed by atoms with Gasteiger partial charge in [0.1, 0.15) is 0 Å². The molecule has 2 rings (SSSR count). The number of hydrogen-bond donors (Lipinski definition) is 2. The van der Waals surface area contributed by atoms with Crippen molar-refractivity contribution in [3.8, 4) is 0 Å². The number of hydrogen-bond acceptors (Lipinski definition) is 2. The Kier molecular flexibility index (Phi) is 4.88. The van der Waals surface area contributed by atoms with Crippen LogP contribution in [0.25, 0.3) is 0 Å². The summed E-state index contributed by atoms with van der Waals surface area (Å²) in [5.74, 6) is 0.0351. The molecule has 0 aliphatic heterocycles. The molecule has 2 aliphatic rings. The Hall–Kier alpha value is -0.570. The molecule has 2 N–H and O–H groups in total. The number of rotatable bonds is 4. The van der Waals surface area contributed by atoms with Crippen molar-refractivity contribution in [2.45, 2.75) is 77.2 Å². The molecule has 0 aromatic heterocycles. The van der Waals surface area contributed by atoms with Crippen molar-refractivity contribution in [2.75, 3.05) is 0 Å². The summed E-state index contributed by atoms with van der Waals surface area (Å²) in [5, 5.41) is 20.0. The maximum Gasteiger partial charge on any atom is 0.310 e. The molecule has 0 heterocycles. The molecule has 0 radical (unpaired) electrons. The van der Waals surface area contributed by atoms with Crippen LogP contribution in [0.4, 0.5) is 0 Å². The number of aliphatic carboxylic acids is 1. The standard InChI is InChI=1S/C16H28O3/c1-2-5-12-8-10-16(11-9-12,15(18)19)13-6-3-4-7-14(13)17/h12-14,17H,2-11H2,1H3,(H,18,19). The zero-order chi connectivity index (χ0) is 13.9. The maximum atomic E-state index is 11.9. The first kappa shape index (κ1) is 14.8. The van der Waals surface area contributed by atoms with Crippen LogP contribution >= 0.6 is 0 Å². The van der Waals surface area contributed by atoms with E-state index in [2.05, 4.69) is 6.92 Å². The van der Waals surface area contributed by atoms with Crippen LogP contribution in [0.5, 0.6) is 0 Å². The van der Waals surface area contributed by atoms with Crippen LogP contribution in [-0.4, -0.2) is 22.3 Å². The SMILES string of the molecule is CCCC1CCC(C(=O)O)(C2CCCCC2O)CC1. The Morgan fingerprint density at radius 2 is 1.79 bits per heavy atom. The number of carbonyl (C=O) groups is 1. The molecule has 0 aromatic carbocycles. The van der Waals surface area contributed by atoms with E-state index in [1.807, 2.05) is 0 Å². The van der Waals surface area contributed by atoms with Crippen LogP contribution in [0.1, 0.15) is 71.1 Å². The molecule has 0 amide bonds. The Morgan fingerprint density at radius 1 is 1.16 bits per heavy atom. The summed E-state index contributed by atoms with van der Waals surface area (Å²) in [6, 6.07) is 0. The first-order chi connectivity index (χ1) is 9.10. The molecule has 3 nitrogen and oxygen atoms in total. The lowest BCUT2D eigenvalue weighted by molar-refractivity contribution is -0.162. The van der Waals surface area contributed by atoms with Gasteiger partial charge in [0.05, 0.1) is 11.5 Å². The van der Waals surface area contributed by atoms with Crippen molar-refractivity contribution in [2.24, 2.45) is 17.3 Å². The normalized spacial score (nSPS) is 40.0. The van der Waals surface area contributed by atoms with Gasteiger partial charge in [0.2, 0.25) is 0 Å². The molecule has 2 fully saturated rings. The predicted octanol–water partition coefficient (Wildman–Crippen LogP) is 3.60. The van der Waals surface area contributed by atoms with Gasteiger partial charge in [-0.3, -0.25) is 4.79 Å². The fourth-order valence-corrected chi connectivity index (χ4v) is 4.39. The quantitative estimate of drug-likeness (QED) is 0.819. The summed E-state index contributed by atoms with van der Waals surface area (Å²) < 4.78 is 0. The van der Waals surface area contributed by atoms with Gasteiger partial charge >= 0.3 is 5.97 Å². The molecule has 0 spiro atoms. The van der Waals surface area contributed by atoms with Crippen molar-refractivity contribution >= 4 is 5.97 Å². The minimum Gasteiger partial charge on any atom is -0.481 e. The molecule has 0 saturated heterocycles.